The van der Waals surface area contributed by atoms with E-state index < -0.39 is 0 Å². The van der Waals surface area contributed by atoms with Crippen molar-refractivity contribution < 1.29 is 9.13 Å². The molecule has 0 aromatic heterocycles. The van der Waals surface area contributed by atoms with Crippen LogP contribution in [0.2, 0.25) is 0 Å². The van der Waals surface area contributed by atoms with E-state index in [1.165, 1.54) is 12.1 Å². The molecule has 0 radical (unpaired) electrons. The second-order valence-electron chi connectivity index (χ2n) is 4.06. The fourth-order valence-corrected chi connectivity index (χ4v) is 1.99. The van der Waals surface area contributed by atoms with Crippen molar-refractivity contribution >= 4 is 5.69 Å². The molecule has 1 unspecified atom stereocenters. The first kappa shape index (κ1) is 10.1. The Morgan fingerprint density at radius 3 is 2.65 bits per heavy atom. The topological polar surface area (TPSA) is 21.3 Å². The van der Waals surface area contributed by atoms with Crippen LogP contribution >= 0.6 is 0 Å². The number of hydrogen-bond acceptors (Lipinski definition) is 2. The lowest BCUT2D eigenvalue weighted by atomic mass is 10.1. The van der Waals surface area contributed by atoms with Crippen LogP contribution in [0.4, 0.5) is 10.1 Å². The van der Waals surface area contributed by atoms with Gasteiger partial charge >= 0.3 is 0 Å². The molecule has 0 bridgehead atoms. The largest absolute Gasteiger partial charge is 0.489 e. The van der Waals surface area contributed by atoms with E-state index in [-0.39, 0.29) is 11.9 Å². The van der Waals surface area contributed by atoms with Gasteiger partial charge < -0.3 is 10.1 Å². The van der Waals surface area contributed by atoms with Crippen LogP contribution < -0.4 is 10.1 Å². The van der Waals surface area contributed by atoms with Gasteiger partial charge in [-0.3, -0.25) is 0 Å². The summed E-state index contributed by atoms with van der Waals surface area (Å²) in [7, 11) is 0. The van der Waals surface area contributed by atoms with Crippen LogP contribution in [0.5, 0.6) is 5.75 Å². The highest BCUT2D eigenvalue weighted by Crippen LogP contribution is 2.33. The number of benzene rings is 2. The van der Waals surface area contributed by atoms with Crippen molar-refractivity contribution in [3.8, 4) is 5.75 Å². The van der Waals surface area contributed by atoms with Crippen LogP contribution in [0.25, 0.3) is 0 Å². The Morgan fingerprint density at radius 1 is 1.06 bits per heavy atom. The Balaban J connectivity index is 1.86. The minimum absolute atomic E-state index is 0.0745. The molecule has 3 heteroatoms. The summed E-state index contributed by atoms with van der Waals surface area (Å²) in [6.07, 6.45) is 0. The molecule has 17 heavy (non-hydrogen) atoms. The van der Waals surface area contributed by atoms with Gasteiger partial charge in [-0.1, -0.05) is 24.3 Å². The molecule has 1 atom stereocenters. The number of ether oxygens (including phenoxy) is 1. The Morgan fingerprint density at radius 2 is 1.82 bits per heavy atom. The Kier molecular flexibility index (Phi) is 2.44. The predicted molar refractivity (Wildman–Crippen MR) is 64.7 cm³/mol. The summed E-state index contributed by atoms with van der Waals surface area (Å²) in [6.45, 7) is 0.558. The van der Waals surface area contributed by atoms with Gasteiger partial charge in [0.05, 0.1) is 11.7 Å². The van der Waals surface area contributed by atoms with E-state index >= 15 is 0 Å². The highest BCUT2D eigenvalue weighted by molar-refractivity contribution is 5.59. The fourth-order valence-electron chi connectivity index (χ4n) is 1.99. The molecule has 1 N–H and O–H groups in total. The third kappa shape index (κ3) is 1.96. The third-order valence-corrected chi connectivity index (χ3v) is 2.89. The summed E-state index contributed by atoms with van der Waals surface area (Å²) >= 11 is 0. The monoisotopic (exact) mass is 229 g/mol. The molecule has 0 spiro atoms. The molecule has 0 fully saturated rings. The average molecular weight is 229 g/mol. The fraction of sp³-hybridized carbons (Fsp3) is 0.143. The lowest BCUT2D eigenvalue weighted by Crippen LogP contribution is -2.23. The molecular weight excluding hydrogens is 217 g/mol. The molecule has 2 aromatic carbocycles. The summed E-state index contributed by atoms with van der Waals surface area (Å²) in [5.74, 6) is 0.650. The third-order valence-electron chi connectivity index (χ3n) is 2.89. The van der Waals surface area contributed by atoms with Crippen LogP contribution in [-0.2, 0) is 0 Å². The molecule has 1 heterocycles. The van der Waals surface area contributed by atoms with E-state index in [9.17, 15) is 4.39 Å². The van der Waals surface area contributed by atoms with E-state index in [0.29, 0.717) is 6.61 Å². The van der Waals surface area contributed by atoms with E-state index in [2.05, 4.69) is 5.32 Å². The van der Waals surface area contributed by atoms with Gasteiger partial charge in [0.2, 0.25) is 0 Å². The van der Waals surface area contributed by atoms with E-state index in [1.54, 1.807) is 12.1 Å². The SMILES string of the molecule is Fc1ccc(C2COc3ccccc3N2)cc1. The maximum absolute atomic E-state index is 12.8. The minimum Gasteiger partial charge on any atom is -0.489 e. The Bertz CT molecular complexity index is 524. The van der Waals surface area contributed by atoms with Crippen LogP contribution in [0.1, 0.15) is 11.6 Å². The molecule has 0 saturated carbocycles. The van der Waals surface area contributed by atoms with Crippen molar-refractivity contribution in [2.45, 2.75) is 6.04 Å². The van der Waals surface area contributed by atoms with Crippen molar-refractivity contribution in [3.63, 3.8) is 0 Å². The van der Waals surface area contributed by atoms with Crippen molar-refractivity contribution in [1.29, 1.82) is 0 Å². The van der Waals surface area contributed by atoms with E-state index in [1.807, 2.05) is 24.3 Å². The second kappa shape index (κ2) is 4.09. The molecule has 3 rings (SSSR count). The van der Waals surface area contributed by atoms with Gasteiger partial charge in [0.25, 0.3) is 0 Å². The maximum atomic E-state index is 12.8. The zero-order valence-corrected chi connectivity index (χ0v) is 9.19. The minimum atomic E-state index is -0.217. The summed E-state index contributed by atoms with van der Waals surface area (Å²) in [5, 5.41) is 3.39. The molecule has 0 amide bonds. The molecular formula is C14H12FNO. The highest BCUT2D eigenvalue weighted by Gasteiger charge is 2.19. The molecule has 0 saturated heterocycles. The lowest BCUT2D eigenvalue weighted by Gasteiger charge is -2.27. The van der Waals surface area contributed by atoms with Gasteiger partial charge in [-0.25, -0.2) is 4.39 Å². The molecule has 1 aliphatic rings. The molecule has 86 valence electrons. The summed E-state index contributed by atoms with van der Waals surface area (Å²) in [6, 6.07) is 14.4. The second-order valence-corrected chi connectivity index (χ2v) is 4.06. The van der Waals surface area contributed by atoms with E-state index in [4.69, 9.17) is 4.74 Å². The van der Waals surface area contributed by atoms with E-state index in [0.717, 1.165) is 17.0 Å². The van der Waals surface area contributed by atoms with Gasteiger partial charge in [0, 0.05) is 0 Å². The summed E-state index contributed by atoms with van der Waals surface area (Å²) < 4.78 is 18.5. The van der Waals surface area contributed by atoms with Crippen molar-refractivity contribution in [2.75, 3.05) is 11.9 Å². The maximum Gasteiger partial charge on any atom is 0.142 e. The zero-order valence-electron chi connectivity index (χ0n) is 9.19. The number of nitrogens with one attached hydrogen (secondary N) is 1. The number of para-hydroxylation sites is 2. The number of fused-ring (bicyclic) bond motifs is 1. The molecule has 2 nitrogen and oxygen atoms in total. The first-order valence-corrected chi connectivity index (χ1v) is 5.57. The van der Waals surface area contributed by atoms with Gasteiger partial charge in [-0.2, -0.15) is 0 Å². The van der Waals surface area contributed by atoms with Crippen molar-refractivity contribution in [2.24, 2.45) is 0 Å². The van der Waals surface area contributed by atoms with Crippen molar-refractivity contribution in [3.05, 3.63) is 59.9 Å². The number of rotatable bonds is 1. The number of hydrogen-bond donors (Lipinski definition) is 1. The molecule has 2 aromatic rings. The van der Waals surface area contributed by atoms with Gasteiger partial charge in [-0.15, -0.1) is 0 Å². The average Bonchev–Trinajstić information content (AvgIpc) is 2.39. The standard InChI is InChI=1S/C14H12FNO/c15-11-7-5-10(6-8-11)13-9-17-14-4-2-1-3-12(14)16-13/h1-8,13,16H,9H2. The normalized spacial score (nSPS) is 17.8. The molecule has 1 aliphatic heterocycles. The summed E-state index contributed by atoms with van der Waals surface area (Å²) in [4.78, 5) is 0. The first-order chi connectivity index (χ1) is 8.33. The van der Waals surface area contributed by atoms with Crippen molar-refractivity contribution in [1.82, 2.24) is 0 Å². The van der Waals surface area contributed by atoms with Crippen LogP contribution in [0.3, 0.4) is 0 Å². The quantitative estimate of drug-likeness (QED) is 0.809. The Hall–Kier alpha value is -2.03. The number of anilines is 1. The van der Waals surface area contributed by atoms with Gasteiger partial charge in [0.1, 0.15) is 18.2 Å². The summed E-state index contributed by atoms with van der Waals surface area (Å²) in [5.41, 5.74) is 2.01. The number of halogens is 1. The molecule has 0 aliphatic carbocycles. The van der Waals surface area contributed by atoms with Crippen LogP contribution in [-0.4, -0.2) is 6.61 Å². The highest BCUT2D eigenvalue weighted by atomic mass is 19.1. The predicted octanol–water partition coefficient (Wildman–Crippen LogP) is 3.37. The Labute approximate surface area is 99.0 Å². The zero-order chi connectivity index (χ0) is 11.7. The smallest absolute Gasteiger partial charge is 0.142 e. The van der Waals surface area contributed by atoms with Gasteiger partial charge in [-0.05, 0) is 29.8 Å². The van der Waals surface area contributed by atoms with Crippen LogP contribution in [0.15, 0.2) is 48.5 Å². The van der Waals surface area contributed by atoms with Crippen LogP contribution in [0, 0.1) is 5.82 Å². The lowest BCUT2D eigenvalue weighted by molar-refractivity contribution is 0.286. The van der Waals surface area contributed by atoms with Gasteiger partial charge in [0.15, 0.2) is 0 Å². The first-order valence-electron chi connectivity index (χ1n) is 5.57.